The summed E-state index contributed by atoms with van der Waals surface area (Å²) >= 11 is 0. The average Bonchev–Trinajstić information content (AvgIpc) is 3.42. The van der Waals surface area contributed by atoms with Crippen molar-refractivity contribution in [2.24, 2.45) is 0 Å². The van der Waals surface area contributed by atoms with Gasteiger partial charge in [0.1, 0.15) is 17.5 Å². The Morgan fingerprint density at radius 1 is 1.23 bits per heavy atom. The van der Waals surface area contributed by atoms with Gasteiger partial charge in [-0.3, -0.25) is 9.63 Å². The summed E-state index contributed by atoms with van der Waals surface area (Å²) in [5.41, 5.74) is 1.31. The molecule has 31 heavy (non-hydrogen) atoms. The monoisotopic (exact) mass is 426 g/mol. The van der Waals surface area contributed by atoms with E-state index in [1.807, 2.05) is 0 Å². The van der Waals surface area contributed by atoms with Gasteiger partial charge in [-0.1, -0.05) is 0 Å². The predicted molar refractivity (Wildman–Crippen MR) is 104 cm³/mol. The highest BCUT2D eigenvalue weighted by molar-refractivity contribution is 6.00. The summed E-state index contributed by atoms with van der Waals surface area (Å²) in [6, 6.07) is 2.41. The Kier molecular flexibility index (Phi) is 4.25. The van der Waals surface area contributed by atoms with Crippen LogP contribution in [-0.2, 0) is 9.57 Å². The zero-order valence-electron chi connectivity index (χ0n) is 16.4. The van der Waals surface area contributed by atoms with E-state index in [1.165, 1.54) is 16.8 Å². The van der Waals surface area contributed by atoms with Crippen LogP contribution < -0.4 is 15.1 Å². The van der Waals surface area contributed by atoms with Gasteiger partial charge in [0.2, 0.25) is 5.88 Å². The first-order valence-electron chi connectivity index (χ1n) is 10.1. The highest BCUT2D eigenvalue weighted by Gasteiger charge is 2.36. The van der Waals surface area contributed by atoms with Crippen molar-refractivity contribution in [3.05, 3.63) is 47.7 Å². The molecule has 6 rings (SSSR count). The molecule has 3 aliphatic heterocycles. The van der Waals surface area contributed by atoms with E-state index in [0.29, 0.717) is 61.1 Å². The number of amides is 1. The molecule has 3 aliphatic rings. The first-order valence-corrected chi connectivity index (χ1v) is 10.1. The Labute approximate surface area is 175 Å². The molecule has 0 saturated carbocycles. The number of anilines is 1. The summed E-state index contributed by atoms with van der Waals surface area (Å²) in [5, 5.41) is 8.83. The van der Waals surface area contributed by atoms with E-state index < -0.39 is 11.9 Å². The molecule has 0 radical (unpaired) electrons. The Hall–Kier alpha value is -3.31. The summed E-state index contributed by atoms with van der Waals surface area (Å²) < 4.78 is 27.5. The van der Waals surface area contributed by atoms with E-state index in [1.54, 1.807) is 17.3 Å². The minimum absolute atomic E-state index is 0.295. The second-order valence-corrected chi connectivity index (χ2v) is 7.72. The van der Waals surface area contributed by atoms with Crippen molar-refractivity contribution < 1.29 is 23.5 Å². The second kappa shape index (κ2) is 7.13. The Balaban J connectivity index is 1.54. The summed E-state index contributed by atoms with van der Waals surface area (Å²) in [6.45, 7) is 1.22. The number of hydrogen-bond acceptors (Lipinski definition) is 8. The summed E-state index contributed by atoms with van der Waals surface area (Å²) in [5.74, 6) is 0.0159. The van der Waals surface area contributed by atoms with Gasteiger partial charge in [-0.15, -0.1) is 0 Å². The fourth-order valence-corrected chi connectivity index (χ4v) is 4.28. The fraction of sp³-hybridized carbons (Fsp3) is 0.400. The lowest BCUT2D eigenvalue weighted by atomic mass is 10.0. The number of fused-ring (bicyclic) bond motifs is 6. The molecule has 0 unspecified atom stereocenters. The van der Waals surface area contributed by atoms with Crippen LogP contribution in [-0.4, -0.2) is 57.5 Å². The zero-order chi connectivity index (χ0) is 20.9. The normalized spacial score (nSPS) is 25.5. The number of hydroxylamine groups is 1. The maximum atomic E-state index is 14.2. The van der Waals surface area contributed by atoms with Gasteiger partial charge in [0, 0.05) is 30.7 Å². The molecule has 3 aromatic heterocycles. The van der Waals surface area contributed by atoms with E-state index in [2.05, 4.69) is 20.4 Å². The summed E-state index contributed by atoms with van der Waals surface area (Å²) in [4.78, 5) is 27.7. The number of carbonyl (C=O) groups is 1. The minimum atomic E-state index is -0.461. The number of pyridine rings is 1. The van der Waals surface area contributed by atoms with Gasteiger partial charge in [0.25, 0.3) is 5.91 Å². The van der Waals surface area contributed by atoms with Crippen LogP contribution in [0.2, 0.25) is 0 Å². The van der Waals surface area contributed by atoms with Crippen molar-refractivity contribution in [1.82, 2.24) is 24.9 Å². The number of carbonyl (C=O) groups excluding carboxylic acids is 1. The first-order chi connectivity index (χ1) is 15.2. The average molecular weight is 426 g/mol. The van der Waals surface area contributed by atoms with Crippen molar-refractivity contribution >= 4 is 17.4 Å². The molecule has 160 valence electrons. The molecule has 11 heteroatoms. The Morgan fingerprint density at radius 3 is 3.10 bits per heavy atom. The van der Waals surface area contributed by atoms with Gasteiger partial charge in [0.05, 0.1) is 44.3 Å². The maximum Gasteiger partial charge on any atom is 0.257 e. The van der Waals surface area contributed by atoms with Crippen LogP contribution in [0.3, 0.4) is 0 Å². The molecule has 0 spiro atoms. The molecule has 2 saturated heterocycles. The Morgan fingerprint density at radius 2 is 2.16 bits per heavy atom. The molecule has 3 aromatic rings. The number of ether oxygens (including phenoxy) is 2. The van der Waals surface area contributed by atoms with Gasteiger partial charge in [-0.2, -0.15) is 5.10 Å². The van der Waals surface area contributed by atoms with Gasteiger partial charge in [-0.25, -0.2) is 23.9 Å². The Bertz CT molecular complexity index is 1170. The predicted octanol–water partition coefficient (Wildman–Crippen LogP) is 1.43. The molecule has 2 fully saturated rings. The highest BCUT2D eigenvalue weighted by Crippen LogP contribution is 2.38. The molecule has 2 bridgehead atoms. The third kappa shape index (κ3) is 3.08. The summed E-state index contributed by atoms with van der Waals surface area (Å²) in [6.07, 6.45) is 5.10. The molecular formula is C20H19FN6O4. The van der Waals surface area contributed by atoms with Crippen molar-refractivity contribution in [3.8, 4) is 5.88 Å². The van der Waals surface area contributed by atoms with E-state index in [-0.39, 0.29) is 18.1 Å². The molecule has 1 N–H and O–H groups in total. The van der Waals surface area contributed by atoms with Crippen LogP contribution in [0.25, 0.3) is 5.65 Å². The number of nitrogens with one attached hydrogen (secondary N) is 1. The van der Waals surface area contributed by atoms with E-state index in [4.69, 9.17) is 14.3 Å². The van der Waals surface area contributed by atoms with Crippen molar-refractivity contribution in [1.29, 1.82) is 0 Å². The van der Waals surface area contributed by atoms with Crippen molar-refractivity contribution in [2.75, 3.05) is 24.9 Å². The lowest BCUT2D eigenvalue weighted by Gasteiger charge is -2.33. The number of aromatic nitrogens is 4. The minimum Gasteiger partial charge on any atom is -0.472 e. The van der Waals surface area contributed by atoms with Gasteiger partial charge < -0.3 is 14.8 Å². The van der Waals surface area contributed by atoms with Crippen LogP contribution in [0.15, 0.2) is 30.7 Å². The van der Waals surface area contributed by atoms with Crippen LogP contribution in [0, 0.1) is 5.82 Å². The van der Waals surface area contributed by atoms with E-state index in [9.17, 15) is 9.18 Å². The van der Waals surface area contributed by atoms with Gasteiger partial charge in [-0.05, 0) is 6.07 Å². The SMILES string of the molecule is O=C1N[C@@H]2COCC[C@@H]2Oc2ncc(F)cc2[C@H]2CCON2c2ccn3ncc1c3n2. The van der Waals surface area contributed by atoms with Gasteiger partial charge >= 0.3 is 0 Å². The number of halogens is 1. The summed E-state index contributed by atoms with van der Waals surface area (Å²) in [7, 11) is 0. The number of hydrogen-bond donors (Lipinski definition) is 1. The first kappa shape index (κ1) is 18.5. The topological polar surface area (TPSA) is 103 Å². The number of nitrogens with zero attached hydrogens (tertiary/aromatic N) is 5. The molecule has 6 heterocycles. The van der Waals surface area contributed by atoms with E-state index in [0.717, 1.165) is 6.20 Å². The fourth-order valence-electron chi connectivity index (χ4n) is 4.28. The third-order valence-electron chi connectivity index (χ3n) is 5.81. The molecule has 3 atom stereocenters. The largest absolute Gasteiger partial charge is 0.472 e. The van der Waals surface area contributed by atoms with Crippen LogP contribution in [0.4, 0.5) is 10.2 Å². The maximum absolute atomic E-state index is 14.2. The molecule has 1 amide bonds. The second-order valence-electron chi connectivity index (χ2n) is 7.72. The quantitative estimate of drug-likeness (QED) is 0.576. The van der Waals surface area contributed by atoms with Crippen molar-refractivity contribution in [3.63, 3.8) is 0 Å². The molecule has 10 nitrogen and oxygen atoms in total. The van der Waals surface area contributed by atoms with Gasteiger partial charge in [0.15, 0.2) is 11.5 Å². The highest BCUT2D eigenvalue weighted by atomic mass is 19.1. The lowest BCUT2D eigenvalue weighted by molar-refractivity contribution is -0.00506. The van der Waals surface area contributed by atoms with Crippen LogP contribution in [0.1, 0.15) is 34.8 Å². The van der Waals surface area contributed by atoms with Crippen LogP contribution in [0.5, 0.6) is 5.88 Å². The molecule has 0 aromatic carbocycles. The molecule has 0 aliphatic carbocycles. The van der Waals surface area contributed by atoms with E-state index >= 15 is 0 Å². The standard InChI is InChI=1S/C20H19FN6O4/c21-11-7-12-15-2-6-30-27(15)17-1-4-26-18(25-17)13(9-23-26)19(28)24-14-10-29-5-3-16(14)31-20(12)22-8-11/h1,4,7-9,14-16H,2-3,5-6,10H2,(H,24,28)/t14-,15-,16+/m1/s1. The van der Waals surface area contributed by atoms with Crippen molar-refractivity contribution in [2.45, 2.75) is 31.0 Å². The number of rotatable bonds is 0. The smallest absolute Gasteiger partial charge is 0.257 e. The lowest BCUT2D eigenvalue weighted by Crippen LogP contribution is -2.52. The zero-order valence-corrected chi connectivity index (χ0v) is 16.4. The third-order valence-corrected chi connectivity index (χ3v) is 5.81. The molecular weight excluding hydrogens is 407 g/mol. The van der Waals surface area contributed by atoms with Crippen LogP contribution >= 0.6 is 0 Å².